The molecule has 3 rings (SSSR count). The van der Waals surface area contributed by atoms with E-state index in [1.807, 2.05) is 12.1 Å². The summed E-state index contributed by atoms with van der Waals surface area (Å²) in [6.07, 6.45) is 0. The first-order valence-electron chi connectivity index (χ1n) is 8.66. The molecule has 0 aliphatic carbocycles. The van der Waals surface area contributed by atoms with Gasteiger partial charge in [-0.1, -0.05) is 24.3 Å². The van der Waals surface area contributed by atoms with Crippen LogP contribution in [0.3, 0.4) is 0 Å². The molecule has 3 aromatic carbocycles. The number of hydrogen-bond acceptors (Lipinski definition) is 4. The van der Waals surface area contributed by atoms with Crippen molar-refractivity contribution in [2.24, 2.45) is 0 Å². The fourth-order valence-electron chi connectivity index (χ4n) is 2.58. The van der Waals surface area contributed by atoms with Gasteiger partial charge in [-0.05, 0) is 23.3 Å². The van der Waals surface area contributed by atoms with Gasteiger partial charge in [0.05, 0.1) is 26.9 Å². The molecule has 3 aromatic rings. The van der Waals surface area contributed by atoms with Crippen LogP contribution in [-0.2, 0) is 6.67 Å². The van der Waals surface area contributed by atoms with Crippen molar-refractivity contribution in [3.63, 3.8) is 0 Å². The van der Waals surface area contributed by atoms with Crippen molar-refractivity contribution in [3.8, 4) is 34.1 Å². The van der Waals surface area contributed by atoms with Crippen molar-refractivity contribution in [1.29, 1.82) is 0 Å². The second kappa shape index (κ2) is 10.9. The Balaban J connectivity index is 0.000000269. The van der Waals surface area contributed by atoms with Gasteiger partial charge in [-0.2, -0.15) is 0 Å². The average molecular weight is 424 g/mol. The molecular weight excluding hydrogens is 404 g/mol. The summed E-state index contributed by atoms with van der Waals surface area (Å²) in [6, 6.07) is 13.2. The fourth-order valence-corrected chi connectivity index (χ4v) is 2.58. The molecule has 0 saturated carbocycles. The standard InChI is InChI=1S/C16H17FO3.C6H3F3O/c1-18-13-8-14(19-2)16(15(9-13)20-3)12-6-4-11(10-17)5-7-12;7-5-2-1-4(10-9)3-6(5)8/h4-9H,10H2,1-3H3;1-3H. The molecule has 0 fully saturated rings. The Morgan fingerprint density at radius 3 is 1.73 bits per heavy atom. The van der Waals surface area contributed by atoms with Crippen molar-refractivity contribution < 1.29 is 36.8 Å². The van der Waals surface area contributed by atoms with Crippen LogP contribution in [0.5, 0.6) is 23.0 Å². The zero-order valence-electron chi connectivity index (χ0n) is 16.5. The van der Waals surface area contributed by atoms with E-state index in [-0.39, 0.29) is 5.75 Å². The van der Waals surface area contributed by atoms with Crippen LogP contribution < -0.4 is 19.2 Å². The second-order valence-electron chi connectivity index (χ2n) is 5.89. The average Bonchev–Trinajstić information content (AvgIpc) is 2.80. The number of rotatable bonds is 6. The number of hydrogen-bond donors (Lipinski definition) is 0. The predicted molar refractivity (Wildman–Crippen MR) is 104 cm³/mol. The monoisotopic (exact) mass is 424 g/mol. The molecule has 0 unspecified atom stereocenters. The fraction of sp³-hybridized carbons (Fsp3) is 0.182. The van der Waals surface area contributed by atoms with Gasteiger partial charge in [0.25, 0.3) is 0 Å². The largest absolute Gasteiger partial charge is 0.496 e. The summed E-state index contributed by atoms with van der Waals surface area (Å²) in [5.41, 5.74) is 2.36. The normalized spacial score (nSPS) is 9.97. The quantitative estimate of drug-likeness (QED) is 0.450. The SMILES string of the molecule is COc1cc(OC)c(-c2ccc(CF)cc2)c(OC)c1.FOc1ccc(F)c(F)c1. The molecular formula is C22H20F4O4. The molecule has 0 saturated heterocycles. The van der Waals surface area contributed by atoms with Gasteiger partial charge in [-0.15, -0.1) is 0 Å². The Hall–Kier alpha value is -3.42. The third-order valence-electron chi connectivity index (χ3n) is 4.09. The van der Waals surface area contributed by atoms with Crippen LogP contribution >= 0.6 is 0 Å². The van der Waals surface area contributed by atoms with Crippen molar-refractivity contribution in [1.82, 2.24) is 0 Å². The zero-order valence-corrected chi connectivity index (χ0v) is 16.5. The maximum absolute atomic E-state index is 12.6. The van der Waals surface area contributed by atoms with Gasteiger partial charge >= 0.3 is 0 Å². The topological polar surface area (TPSA) is 36.9 Å². The first-order valence-corrected chi connectivity index (χ1v) is 8.66. The molecule has 0 radical (unpaired) electrons. The number of alkyl halides is 1. The Morgan fingerprint density at radius 2 is 1.30 bits per heavy atom. The van der Waals surface area contributed by atoms with Gasteiger partial charge in [0.15, 0.2) is 17.4 Å². The lowest BCUT2D eigenvalue weighted by atomic mass is 10.0. The van der Waals surface area contributed by atoms with Crippen LogP contribution in [0, 0.1) is 11.6 Å². The molecule has 4 nitrogen and oxygen atoms in total. The lowest BCUT2D eigenvalue weighted by molar-refractivity contribution is -0.00667. The Kier molecular flexibility index (Phi) is 8.34. The van der Waals surface area contributed by atoms with Gasteiger partial charge in [-0.25, -0.2) is 13.2 Å². The van der Waals surface area contributed by atoms with Crippen LogP contribution in [0.25, 0.3) is 11.1 Å². The minimum Gasteiger partial charge on any atom is -0.496 e. The Morgan fingerprint density at radius 1 is 0.700 bits per heavy atom. The van der Waals surface area contributed by atoms with Crippen molar-refractivity contribution in [3.05, 3.63) is 71.8 Å². The van der Waals surface area contributed by atoms with Crippen molar-refractivity contribution >= 4 is 0 Å². The van der Waals surface area contributed by atoms with E-state index in [4.69, 9.17) is 14.2 Å². The van der Waals surface area contributed by atoms with E-state index in [1.165, 1.54) is 0 Å². The third-order valence-corrected chi connectivity index (χ3v) is 4.09. The number of ether oxygens (including phenoxy) is 3. The summed E-state index contributed by atoms with van der Waals surface area (Å²) in [5, 5.41) is 0. The molecule has 0 aromatic heterocycles. The summed E-state index contributed by atoms with van der Waals surface area (Å²) >= 11 is 0. The summed E-state index contributed by atoms with van der Waals surface area (Å²) in [4.78, 5) is 3.14. The minimum atomic E-state index is -1.13. The second-order valence-corrected chi connectivity index (χ2v) is 5.89. The molecule has 0 aliphatic rings. The molecule has 0 aliphatic heterocycles. The van der Waals surface area contributed by atoms with Crippen LogP contribution in [0.4, 0.5) is 17.7 Å². The van der Waals surface area contributed by atoms with E-state index in [1.54, 1.807) is 45.6 Å². The van der Waals surface area contributed by atoms with Crippen LogP contribution in [0.1, 0.15) is 5.56 Å². The highest BCUT2D eigenvalue weighted by Gasteiger charge is 2.15. The highest BCUT2D eigenvalue weighted by Crippen LogP contribution is 2.41. The number of benzene rings is 3. The van der Waals surface area contributed by atoms with E-state index in [0.717, 1.165) is 23.3 Å². The van der Waals surface area contributed by atoms with E-state index in [9.17, 15) is 17.7 Å². The lowest BCUT2D eigenvalue weighted by Gasteiger charge is -2.15. The first kappa shape index (κ1) is 22.9. The number of halogens is 4. The highest BCUT2D eigenvalue weighted by atomic mass is 19.3. The van der Waals surface area contributed by atoms with Gasteiger partial charge in [-0.3, -0.25) is 4.94 Å². The minimum absolute atomic E-state index is 0.348. The highest BCUT2D eigenvalue weighted by molar-refractivity contribution is 5.78. The maximum Gasteiger partial charge on any atom is 0.175 e. The van der Waals surface area contributed by atoms with Crippen LogP contribution in [-0.4, -0.2) is 21.3 Å². The van der Waals surface area contributed by atoms with Gasteiger partial charge < -0.3 is 14.2 Å². The molecule has 0 bridgehead atoms. The summed E-state index contributed by atoms with van der Waals surface area (Å²) in [7, 11) is 4.77. The molecule has 0 N–H and O–H groups in total. The Labute approximate surface area is 171 Å². The van der Waals surface area contributed by atoms with Crippen molar-refractivity contribution in [2.45, 2.75) is 6.67 Å². The molecule has 0 heterocycles. The molecule has 8 heteroatoms. The van der Waals surface area contributed by atoms with E-state index >= 15 is 0 Å². The van der Waals surface area contributed by atoms with Gasteiger partial charge in [0.1, 0.15) is 23.9 Å². The number of methoxy groups -OCH3 is 3. The van der Waals surface area contributed by atoms with E-state index < -0.39 is 18.3 Å². The molecule has 30 heavy (non-hydrogen) atoms. The van der Waals surface area contributed by atoms with Gasteiger partial charge in [0, 0.05) is 22.7 Å². The lowest BCUT2D eigenvalue weighted by Crippen LogP contribution is -1.95. The maximum atomic E-state index is 12.6. The summed E-state index contributed by atoms with van der Waals surface area (Å²) in [5.74, 6) is -0.555. The molecule has 0 atom stereocenters. The Bertz CT molecular complexity index is 937. The van der Waals surface area contributed by atoms with E-state index in [0.29, 0.717) is 28.9 Å². The van der Waals surface area contributed by atoms with Crippen LogP contribution in [0.15, 0.2) is 54.6 Å². The first-order chi connectivity index (χ1) is 14.5. The predicted octanol–water partition coefficient (Wildman–Crippen LogP) is 6.08. The van der Waals surface area contributed by atoms with E-state index in [2.05, 4.69) is 4.94 Å². The van der Waals surface area contributed by atoms with Crippen LogP contribution in [0.2, 0.25) is 0 Å². The smallest absolute Gasteiger partial charge is 0.175 e. The third kappa shape index (κ3) is 5.56. The summed E-state index contributed by atoms with van der Waals surface area (Å²) < 4.78 is 64.1. The molecule has 0 amide bonds. The summed E-state index contributed by atoms with van der Waals surface area (Å²) in [6.45, 7) is -0.475. The van der Waals surface area contributed by atoms with Gasteiger partial charge in [0.2, 0.25) is 0 Å². The zero-order chi connectivity index (χ0) is 22.1. The van der Waals surface area contributed by atoms with Crippen molar-refractivity contribution in [2.75, 3.05) is 21.3 Å². The molecule has 160 valence electrons. The molecule has 0 spiro atoms.